The molecule has 1 atom stereocenters. The van der Waals surface area contributed by atoms with Gasteiger partial charge >= 0.3 is 18.1 Å². The van der Waals surface area contributed by atoms with Gasteiger partial charge in [-0.05, 0) is 51.5 Å². The number of phenolic OH excluding ortho intramolecular Hbond substituents is 1. The molecule has 0 heterocycles. The number of ether oxygens (including phenoxy) is 2. The van der Waals surface area contributed by atoms with E-state index in [1.54, 1.807) is 0 Å². The van der Waals surface area contributed by atoms with Crippen molar-refractivity contribution in [3.8, 4) is 22.6 Å². The van der Waals surface area contributed by atoms with Crippen LogP contribution in [-0.2, 0) is 22.3 Å². The quantitative estimate of drug-likeness (QED) is 0.240. The first-order valence-electron chi connectivity index (χ1n) is 11.6. The highest BCUT2D eigenvalue weighted by atomic mass is 19.4. The van der Waals surface area contributed by atoms with Crippen LogP contribution in [0, 0.1) is 11.6 Å². The average Bonchev–Trinajstić information content (AvgIpc) is 2.82. The van der Waals surface area contributed by atoms with E-state index < -0.39 is 64.8 Å². The van der Waals surface area contributed by atoms with E-state index in [9.17, 15) is 36.6 Å². The van der Waals surface area contributed by atoms with Crippen LogP contribution in [0.4, 0.5) is 22.0 Å². The van der Waals surface area contributed by atoms with E-state index in [0.717, 1.165) is 6.07 Å². The molecule has 0 aliphatic carbocycles. The number of benzene rings is 3. The summed E-state index contributed by atoms with van der Waals surface area (Å²) >= 11 is 0. The van der Waals surface area contributed by atoms with E-state index in [4.69, 9.17) is 14.6 Å². The summed E-state index contributed by atoms with van der Waals surface area (Å²) < 4.78 is 79.9. The smallest absolute Gasteiger partial charge is 0.419 e. The van der Waals surface area contributed by atoms with E-state index >= 15 is 0 Å². The molecule has 0 aliphatic rings. The van der Waals surface area contributed by atoms with Crippen LogP contribution in [0.15, 0.2) is 48.5 Å². The van der Waals surface area contributed by atoms with Gasteiger partial charge in [-0.1, -0.05) is 30.3 Å². The Kier molecular flexibility index (Phi) is 8.23. The molecule has 0 saturated heterocycles. The number of hydrogen-bond donors (Lipinski definition) is 2. The maximum atomic E-state index is 14.7. The second-order valence-corrected chi connectivity index (χ2v) is 9.70. The number of halogens is 5. The summed E-state index contributed by atoms with van der Waals surface area (Å²) in [6, 6.07) is 9.62. The van der Waals surface area contributed by atoms with Crippen molar-refractivity contribution in [1.29, 1.82) is 0 Å². The fourth-order valence-electron chi connectivity index (χ4n) is 3.69. The zero-order valence-corrected chi connectivity index (χ0v) is 21.3. The highest BCUT2D eigenvalue weighted by Gasteiger charge is 2.37. The molecule has 39 heavy (non-hydrogen) atoms. The van der Waals surface area contributed by atoms with Crippen LogP contribution < -0.4 is 4.74 Å². The lowest BCUT2D eigenvalue weighted by Crippen LogP contribution is -2.25. The van der Waals surface area contributed by atoms with E-state index in [1.807, 2.05) is 0 Å². The zero-order chi connectivity index (χ0) is 29.3. The lowest BCUT2D eigenvalue weighted by molar-refractivity contribution is -0.139. The fraction of sp³-hybridized carbons (Fsp3) is 0.286. The number of carbonyl (C=O) groups is 2. The summed E-state index contributed by atoms with van der Waals surface area (Å²) in [5, 5.41) is 19.4. The minimum absolute atomic E-state index is 0.0740. The number of phenols is 1. The van der Waals surface area contributed by atoms with Crippen LogP contribution in [-0.4, -0.2) is 27.8 Å². The van der Waals surface area contributed by atoms with Gasteiger partial charge in [-0.25, -0.2) is 13.6 Å². The van der Waals surface area contributed by atoms with E-state index in [-0.39, 0.29) is 28.0 Å². The summed E-state index contributed by atoms with van der Waals surface area (Å²) in [6.45, 7) is 5.35. The van der Waals surface area contributed by atoms with Gasteiger partial charge in [-0.2, -0.15) is 13.2 Å². The van der Waals surface area contributed by atoms with Gasteiger partial charge in [0.2, 0.25) is 0 Å². The Labute approximate surface area is 220 Å². The van der Waals surface area contributed by atoms with Crippen molar-refractivity contribution in [1.82, 2.24) is 0 Å². The molecule has 0 bridgehead atoms. The largest absolute Gasteiger partial charge is 0.506 e. The Morgan fingerprint density at radius 1 is 0.923 bits per heavy atom. The normalized spacial score (nSPS) is 12.6. The summed E-state index contributed by atoms with van der Waals surface area (Å²) in [5.41, 5.74) is -3.40. The first-order valence-corrected chi connectivity index (χ1v) is 11.6. The summed E-state index contributed by atoms with van der Waals surface area (Å²) in [4.78, 5) is 23.8. The maximum Gasteiger partial charge on any atom is 0.419 e. The third-order valence-electron chi connectivity index (χ3n) is 5.68. The van der Waals surface area contributed by atoms with Crippen molar-refractivity contribution < 1.29 is 51.2 Å². The molecule has 0 aliphatic heterocycles. The molecule has 0 radical (unpaired) electrons. The van der Waals surface area contributed by atoms with Gasteiger partial charge in [0.15, 0.2) is 11.6 Å². The molecule has 3 aromatic rings. The second-order valence-electron chi connectivity index (χ2n) is 9.70. The highest BCUT2D eigenvalue weighted by molar-refractivity contribution is 5.95. The standard InChI is InChI=1S/C28H25F5O6/c1-14(25(35)36)18-10-11-19(23(30)22(18)29)15-5-8-17(9-6-15)38-13-16-7-12-20(28(31,32)33)24(34)21(16)26(37)39-27(2,3)4/h5-12,14,34H,13H2,1-4H3,(H,35,36). The van der Waals surface area contributed by atoms with Crippen LogP contribution in [0.5, 0.6) is 11.5 Å². The van der Waals surface area contributed by atoms with Crippen molar-refractivity contribution in [2.75, 3.05) is 0 Å². The minimum atomic E-state index is -4.92. The number of esters is 1. The molecule has 1 unspecified atom stereocenters. The van der Waals surface area contributed by atoms with Crippen LogP contribution >= 0.6 is 0 Å². The van der Waals surface area contributed by atoms with Crippen LogP contribution in [0.25, 0.3) is 11.1 Å². The first kappa shape index (κ1) is 29.4. The summed E-state index contributed by atoms with van der Waals surface area (Å²) in [6.07, 6.45) is -4.92. The number of carboxylic acid groups (broad SMARTS) is 1. The number of alkyl halides is 3. The Morgan fingerprint density at radius 2 is 1.54 bits per heavy atom. The molecule has 0 amide bonds. The molecule has 0 spiro atoms. The molecule has 3 rings (SSSR count). The van der Waals surface area contributed by atoms with Gasteiger partial charge < -0.3 is 19.7 Å². The number of hydrogen-bond acceptors (Lipinski definition) is 5. The SMILES string of the molecule is CC(C(=O)O)c1ccc(-c2ccc(OCc3ccc(C(F)(F)F)c(O)c3C(=O)OC(C)(C)C)cc2)c(F)c1F. The molecular formula is C28H25F5O6. The van der Waals surface area contributed by atoms with Crippen LogP contribution in [0.1, 0.15) is 60.7 Å². The number of carbonyl (C=O) groups excluding carboxylic acids is 1. The van der Waals surface area contributed by atoms with Crippen LogP contribution in [0.3, 0.4) is 0 Å². The monoisotopic (exact) mass is 552 g/mol. The Hall–Kier alpha value is -4.15. The molecule has 208 valence electrons. The highest BCUT2D eigenvalue weighted by Crippen LogP contribution is 2.40. The van der Waals surface area contributed by atoms with Gasteiger partial charge in [-0.15, -0.1) is 0 Å². The third-order valence-corrected chi connectivity index (χ3v) is 5.68. The minimum Gasteiger partial charge on any atom is -0.506 e. The number of aliphatic carboxylic acids is 1. The van der Waals surface area contributed by atoms with Gasteiger partial charge in [0.05, 0.1) is 11.5 Å². The molecule has 0 saturated carbocycles. The third kappa shape index (κ3) is 6.65. The number of aromatic hydroxyl groups is 1. The van der Waals surface area contributed by atoms with Crippen molar-refractivity contribution in [3.05, 3.63) is 82.4 Å². The van der Waals surface area contributed by atoms with Crippen molar-refractivity contribution in [2.24, 2.45) is 0 Å². The molecule has 0 fully saturated rings. The molecule has 3 aromatic carbocycles. The summed E-state index contributed by atoms with van der Waals surface area (Å²) in [7, 11) is 0. The summed E-state index contributed by atoms with van der Waals surface area (Å²) in [5.74, 6) is -7.34. The lowest BCUT2D eigenvalue weighted by atomic mass is 9.96. The van der Waals surface area contributed by atoms with Crippen molar-refractivity contribution in [3.63, 3.8) is 0 Å². The topological polar surface area (TPSA) is 93.1 Å². The second kappa shape index (κ2) is 10.9. The molecule has 11 heteroatoms. The van der Waals surface area contributed by atoms with Crippen LogP contribution in [0.2, 0.25) is 0 Å². The maximum absolute atomic E-state index is 14.7. The first-order chi connectivity index (χ1) is 18.0. The molecule has 0 aromatic heterocycles. The Balaban J connectivity index is 1.87. The lowest BCUT2D eigenvalue weighted by Gasteiger charge is -2.22. The van der Waals surface area contributed by atoms with Gasteiger partial charge in [0, 0.05) is 16.7 Å². The predicted octanol–water partition coefficient (Wildman–Crippen LogP) is 7.08. The predicted molar refractivity (Wildman–Crippen MR) is 130 cm³/mol. The Morgan fingerprint density at radius 3 is 2.08 bits per heavy atom. The van der Waals surface area contributed by atoms with Gasteiger partial charge in [0.1, 0.15) is 29.3 Å². The molecule has 6 nitrogen and oxygen atoms in total. The Bertz CT molecular complexity index is 1390. The van der Waals surface area contributed by atoms with E-state index in [1.165, 1.54) is 64.1 Å². The van der Waals surface area contributed by atoms with Gasteiger partial charge in [-0.3, -0.25) is 4.79 Å². The average molecular weight is 552 g/mol. The van der Waals surface area contributed by atoms with E-state index in [0.29, 0.717) is 6.07 Å². The zero-order valence-electron chi connectivity index (χ0n) is 21.3. The van der Waals surface area contributed by atoms with Gasteiger partial charge in [0.25, 0.3) is 0 Å². The molecule has 2 N–H and O–H groups in total. The fourth-order valence-corrected chi connectivity index (χ4v) is 3.69. The number of rotatable bonds is 7. The number of carboxylic acids is 1. The van der Waals surface area contributed by atoms with Crippen molar-refractivity contribution >= 4 is 11.9 Å². The molecular weight excluding hydrogens is 527 g/mol. The van der Waals surface area contributed by atoms with Crippen molar-refractivity contribution in [2.45, 2.75) is 52.0 Å². The van der Waals surface area contributed by atoms with E-state index in [2.05, 4.69) is 0 Å².